The maximum atomic E-state index is 6.01. The van der Waals surface area contributed by atoms with Crippen molar-refractivity contribution in [1.29, 1.82) is 0 Å². The monoisotopic (exact) mass is 278 g/mol. The van der Waals surface area contributed by atoms with E-state index in [0.717, 1.165) is 11.4 Å². The molecule has 6 heteroatoms. The Hall–Kier alpha value is -1.65. The molecule has 2 heterocycles. The minimum Gasteiger partial charge on any atom is -0.312 e. The lowest BCUT2D eigenvalue weighted by Gasteiger charge is -2.01. The van der Waals surface area contributed by atoms with Crippen LogP contribution in [0.1, 0.15) is 0 Å². The Kier molecular flexibility index (Phi) is 2.69. The van der Waals surface area contributed by atoms with E-state index < -0.39 is 0 Å². The predicted octanol–water partition coefficient (Wildman–Crippen LogP) is 3.34. The van der Waals surface area contributed by atoms with Crippen molar-refractivity contribution in [2.75, 3.05) is 0 Å². The van der Waals surface area contributed by atoms with Crippen LogP contribution in [-0.2, 0) is 7.05 Å². The molecular weight excluding hydrogens is 271 g/mol. The van der Waals surface area contributed by atoms with Gasteiger partial charge in [-0.15, -0.1) is 0 Å². The van der Waals surface area contributed by atoms with Gasteiger partial charge in [0.2, 0.25) is 0 Å². The molecule has 0 aliphatic carbocycles. The number of hydrogen-bond acceptors (Lipinski definition) is 3. The average molecular weight is 279 g/mol. The lowest BCUT2D eigenvalue weighted by Crippen LogP contribution is -1.93. The highest BCUT2D eigenvalue weighted by Crippen LogP contribution is 2.26. The van der Waals surface area contributed by atoms with Crippen LogP contribution in [0.2, 0.25) is 10.2 Å². The summed E-state index contributed by atoms with van der Waals surface area (Å²) in [5, 5.41) is 1.05. The van der Waals surface area contributed by atoms with Gasteiger partial charge < -0.3 is 4.57 Å². The van der Waals surface area contributed by atoms with Crippen molar-refractivity contribution in [3.8, 4) is 11.4 Å². The Morgan fingerprint density at radius 1 is 1.06 bits per heavy atom. The van der Waals surface area contributed by atoms with Gasteiger partial charge in [-0.25, -0.2) is 15.0 Å². The van der Waals surface area contributed by atoms with Gasteiger partial charge >= 0.3 is 0 Å². The van der Waals surface area contributed by atoms with Gasteiger partial charge in [-0.1, -0.05) is 23.2 Å². The molecule has 3 aromatic rings. The third kappa shape index (κ3) is 1.74. The Morgan fingerprint density at radius 2 is 1.78 bits per heavy atom. The first-order valence-corrected chi connectivity index (χ1v) is 6.01. The summed E-state index contributed by atoms with van der Waals surface area (Å²) in [6.45, 7) is 0. The van der Waals surface area contributed by atoms with Crippen LogP contribution in [0.25, 0.3) is 22.6 Å². The molecule has 0 radical (unpaired) electrons. The van der Waals surface area contributed by atoms with Crippen molar-refractivity contribution in [3.05, 3.63) is 40.8 Å². The maximum Gasteiger partial charge on any atom is 0.165 e. The number of fused-ring (bicyclic) bond motifs is 1. The number of halogens is 2. The molecule has 1 aromatic carbocycles. The van der Waals surface area contributed by atoms with Crippen LogP contribution in [0.5, 0.6) is 0 Å². The largest absolute Gasteiger partial charge is 0.312 e. The average Bonchev–Trinajstić information content (AvgIpc) is 2.70. The summed E-state index contributed by atoms with van der Waals surface area (Å²) < 4.78 is 1.88. The fourth-order valence-corrected chi connectivity index (χ4v) is 2.13. The van der Waals surface area contributed by atoms with Crippen LogP contribution in [0.15, 0.2) is 30.6 Å². The summed E-state index contributed by atoms with van der Waals surface area (Å²) in [6, 6.07) is 7.46. The number of imidazole rings is 1. The van der Waals surface area contributed by atoms with Gasteiger partial charge in [0.15, 0.2) is 10.8 Å². The quantitative estimate of drug-likeness (QED) is 0.642. The van der Waals surface area contributed by atoms with Gasteiger partial charge in [0.1, 0.15) is 17.7 Å². The summed E-state index contributed by atoms with van der Waals surface area (Å²) in [6.07, 6.45) is 1.43. The normalized spacial score (nSPS) is 11.1. The van der Waals surface area contributed by atoms with Crippen molar-refractivity contribution in [2.45, 2.75) is 0 Å². The van der Waals surface area contributed by atoms with Crippen LogP contribution < -0.4 is 0 Å². The van der Waals surface area contributed by atoms with Crippen molar-refractivity contribution in [3.63, 3.8) is 0 Å². The van der Waals surface area contributed by atoms with Crippen LogP contribution in [0, 0.1) is 0 Å². The van der Waals surface area contributed by atoms with E-state index in [1.54, 1.807) is 0 Å². The molecule has 3 rings (SSSR count). The standard InChI is InChI=1S/C12H8Cl2N4/c1-18-11(7-2-4-8(13)5-3-7)17-9-10(14)15-6-16-12(9)18/h2-6H,1H3. The summed E-state index contributed by atoms with van der Waals surface area (Å²) >= 11 is 11.9. The first-order chi connectivity index (χ1) is 8.66. The summed E-state index contributed by atoms with van der Waals surface area (Å²) in [4.78, 5) is 12.6. The molecule has 0 aliphatic rings. The van der Waals surface area contributed by atoms with Gasteiger partial charge in [0.25, 0.3) is 0 Å². The molecular formula is C12H8Cl2N4. The first-order valence-electron chi connectivity index (χ1n) is 5.25. The molecule has 0 atom stereocenters. The third-order valence-corrected chi connectivity index (χ3v) is 3.24. The zero-order chi connectivity index (χ0) is 12.7. The molecule has 0 saturated carbocycles. The predicted molar refractivity (Wildman–Crippen MR) is 71.8 cm³/mol. The van der Waals surface area contributed by atoms with E-state index in [1.807, 2.05) is 35.9 Å². The summed E-state index contributed by atoms with van der Waals surface area (Å²) in [5.41, 5.74) is 2.27. The first kappa shape index (κ1) is 11.4. The van der Waals surface area contributed by atoms with E-state index in [9.17, 15) is 0 Å². The number of nitrogens with zero attached hydrogens (tertiary/aromatic N) is 4. The number of benzene rings is 1. The molecule has 0 fully saturated rings. The Labute approximate surface area is 113 Å². The van der Waals surface area contributed by atoms with E-state index in [1.165, 1.54) is 6.33 Å². The molecule has 0 bridgehead atoms. The van der Waals surface area contributed by atoms with Gasteiger partial charge in [0, 0.05) is 17.6 Å². The van der Waals surface area contributed by atoms with E-state index >= 15 is 0 Å². The second-order valence-corrected chi connectivity index (χ2v) is 4.63. The van der Waals surface area contributed by atoms with E-state index in [-0.39, 0.29) is 0 Å². The molecule has 4 nitrogen and oxygen atoms in total. The number of hydrogen-bond donors (Lipinski definition) is 0. The summed E-state index contributed by atoms with van der Waals surface area (Å²) in [5.74, 6) is 0.782. The second kappa shape index (κ2) is 4.23. The highest BCUT2D eigenvalue weighted by atomic mass is 35.5. The topological polar surface area (TPSA) is 43.6 Å². The Morgan fingerprint density at radius 3 is 2.44 bits per heavy atom. The molecule has 90 valence electrons. The molecule has 0 unspecified atom stereocenters. The lowest BCUT2D eigenvalue weighted by molar-refractivity contribution is 0.939. The SMILES string of the molecule is Cn1c(-c2ccc(Cl)cc2)nc2c(Cl)ncnc21. The van der Waals surface area contributed by atoms with Crippen molar-refractivity contribution < 1.29 is 0 Å². The van der Waals surface area contributed by atoms with E-state index in [4.69, 9.17) is 23.2 Å². The lowest BCUT2D eigenvalue weighted by atomic mass is 10.2. The molecule has 0 saturated heterocycles. The maximum absolute atomic E-state index is 6.01. The van der Waals surface area contributed by atoms with Crippen molar-refractivity contribution >= 4 is 34.4 Å². The van der Waals surface area contributed by atoms with Crippen molar-refractivity contribution in [2.24, 2.45) is 7.05 Å². The minimum atomic E-state index is 0.357. The van der Waals surface area contributed by atoms with Gasteiger partial charge in [-0.05, 0) is 24.3 Å². The highest BCUT2D eigenvalue weighted by Gasteiger charge is 2.13. The highest BCUT2D eigenvalue weighted by molar-refractivity contribution is 6.33. The molecule has 0 aliphatic heterocycles. The van der Waals surface area contributed by atoms with Crippen LogP contribution in [-0.4, -0.2) is 19.5 Å². The fourth-order valence-electron chi connectivity index (χ4n) is 1.83. The zero-order valence-corrected chi connectivity index (χ0v) is 10.9. The molecule has 0 N–H and O–H groups in total. The van der Waals surface area contributed by atoms with E-state index in [2.05, 4.69) is 15.0 Å². The Bertz CT molecular complexity index is 719. The molecule has 0 amide bonds. The van der Waals surface area contributed by atoms with Gasteiger partial charge in [-0.3, -0.25) is 0 Å². The number of aromatic nitrogens is 4. The number of aryl methyl sites for hydroxylation is 1. The third-order valence-electron chi connectivity index (χ3n) is 2.71. The number of rotatable bonds is 1. The molecule has 0 spiro atoms. The smallest absolute Gasteiger partial charge is 0.165 e. The Balaban J connectivity index is 2.27. The summed E-state index contributed by atoms with van der Waals surface area (Å²) in [7, 11) is 1.89. The zero-order valence-electron chi connectivity index (χ0n) is 9.43. The van der Waals surface area contributed by atoms with Gasteiger partial charge in [-0.2, -0.15) is 0 Å². The fraction of sp³-hybridized carbons (Fsp3) is 0.0833. The second-order valence-electron chi connectivity index (χ2n) is 3.84. The van der Waals surface area contributed by atoms with Crippen molar-refractivity contribution in [1.82, 2.24) is 19.5 Å². The molecule has 2 aromatic heterocycles. The van der Waals surface area contributed by atoms with Gasteiger partial charge in [0.05, 0.1) is 0 Å². The van der Waals surface area contributed by atoms with E-state index in [0.29, 0.717) is 21.3 Å². The van der Waals surface area contributed by atoms with Crippen LogP contribution in [0.4, 0.5) is 0 Å². The van der Waals surface area contributed by atoms with Crippen LogP contribution >= 0.6 is 23.2 Å². The van der Waals surface area contributed by atoms with Crippen LogP contribution in [0.3, 0.4) is 0 Å². The minimum absolute atomic E-state index is 0.357. The molecule has 18 heavy (non-hydrogen) atoms.